The Morgan fingerprint density at radius 2 is 1.76 bits per heavy atom. The van der Waals surface area contributed by atoms with E-state index in [1.54, 1.807) is 0 Å². The molecule has 0 saturated carbocycles. The molecule has 0 aliphatic heterocycles. The fraction of sp³-hybridized carbons (Fsp3) is 0.167. The number of ether oxygens (including phenoxy) is 1. The number of hydrogen-bond acceptors (Lipinski definition) is 2. The van der Waals surface area contributed by atoms with Crippen molar-refractivity contribution in [3.05, 3.63) is 65.3 Å². The van der Waals surface area contributed by atoms with Crippen LogP contribution in [0.1, 0.15) is 25.5 Å². The van der Waals surface area contributed by atoms with Crippen LogP contribution in [-0.4, -0.2) is 4.98 Å². The molecule has 0 unspecified atom stereocenters. The van der Waals surface area contributed by atoms with Crippen LogP contribution in [0.5, 0.6) is 11.5 Å². The fourth-order valence-corrected chi connectivity index (χ4v) is 2.46. The SMILES string of the molecule is CC(C)c1cc(Cl)c2cccc(Oc3ccccc3)c2n1. The van der Waals surface area contributed by atoms with Crippen molar-refractivity contribution in [2.24, 2.45) is 0 Å². The van der Waals surface area contributed by atoms with Gasteiger partial charge in [0.2, 0.25) is 0 Å². The maximum absolute atomic E-state index is 6.39. The molecule has 2 aromatic carbocycles. The molecule has 1 heterocycles. The van der Waals surface area contributed by atoms with Gasteiger partial charge in [0.1, 0.15) is 11.3 Å². The monoisotopic (exact) mass is 297 g/mol. The molecule has 0 N–H and O–H groups in total. The summed E-state index contributed by atoms with van der Waals surface area (Å²) in [5, 5.41) is 1.62. The molecular weight excluding hydrogens is 282 g/mol. The summed E-state index contributed by atoms with van der Waals surface area (Å²) in [6, 6.07) is 17.4. The maximum atomic E-state index is 6.39. The summed E-state index contributed by atoms with van der Waals surface area (Å²) in [5.41, 5.74) is 1.77. The molecule has 3 aromatic rings. The molecule has 0 amide bonds. The Morgan fingerprint density at radius 1 is 1.00 bits per heavy atom. The van der Waals surface area contributed by atoms with Gasteiger partial charge in [0.25, 0.3) is 0 Å². The molecule has 3 heteroatoms. The van der Waals surface area contributed by atoms with E-state index in [0.717, 1.165) is 28.1 Å². The minimum atomic E-state index is 0.316. The lowest BCUT2D eigenvalue weighted by Crippen LogP contribution is -1.95. The maximum Gasteiger partial charge on any atom is 0.153 e. The minimum Gasteiger partial charge on any atom is -0.455 e. The van der Waals surface area contributed by atoms with Crippen LogP contribution in [0.4, 0.5) is 0 Å². The number of hydrogen-bond donors (Lipinski definition) is 0. The number of nitrogens with zero attached hydrogens (tertiary/aromatic N) is 1. The molecular formula is C18H16ClNO. The van der Waals surface area contributed by atoms with Crippen LogP contribution in [-0.2, 0) is 0 Å². The summed E-state index contributed by atoms with van der Waals surface area (Å²) in [7, 11) is 0. The van der Waals surface area contributed by atoms with Crippen molar-refractivity contribution in [3.63, 3.8) is 0 Å². The molecule has 0 bridgehead atoms. The number of benzene rings is 2. The molecule has 3 rings (SSSR count). The molecule has 0 aliphatic rings. The van der Waals surface area contributed by atoms with Gasteiger partial charge in [0.15, 0.2) is 5.75 Å². The average Bonchev–Trinajstić information content (AvgIpc) is 2.49. The third kappa shape index (κ3) is 2.86. The number of fused-ring (bicyclic) bond motifs is 1. The second kappa shape index (κ2) is 5.74. The smallest absolute Gasteiger partial charge is 0.153 e. The summed E-state index contributed by atoms with van der Waals surface area (Å²) < 4.78 is 5.96. The molecule has 21 heavy (non-hydrogen) atoms. The third-order valence-corrected chi connectivity index (χ3v) is 3.65. The number of rotatable bonds is 3. The van der Waals surface area contributed by atoms with E-state index in [4.69, 9.17) is 21.3 Å². The van der Waals surface area contributed by atoms with Crippen LogP contribution in [0.25, 0.3) is 10.9 Å². The van der Waals surface area contributed by atoms with Crippen LogP contribution in [0.15, 0.2) is 54.6 Å². The highest BCUT2D eigenvalue weighted by Crippen LogP contribution is 2.33. The van der Waals surface area contributed by atoms with Gasteiger partial charge in [-0.15, -0.1) is 0 Å². The zero-order valence-electron chi connectivity index (χ0n) is 12.0. The van der Waals surface area contributed by atoms with E-state index in [2.05, 4.69) is 13.8 Å². The van der Waals surface area contributed by atoms with E-state index in [-0.39, 0.29) is 0 Å². The van der Waals surface area contributed by atoms with Gasteiger partial charge in [-0.25, -0.2) is 4.98 Å². The zero-order chi connectivity index (χ0) is 14.8. The average molecular weight is 298 g/mol. The summed E-state index contributed by atoms with van der Waals surface area (Å²) in [5.74, 6) is 1.83. The van der Waals surface area contributed by atoms with Gasteiger partial charge in [-0.3, -0.25) is 0 Å². The van der Waals surface area contributed by atoms with Gasteiger partial charge in [0, 0.05) is 11.1 Å². The van der Waals surface area contributed by atoms with Crippen molar-refractivity contribution in [2.45, 2.75) is 19.8 Å². The van der Waals surface area contributed by atoms with Crippen LogP contribution in [0.3, 0.4) is 0 Å². The first-order valence-electron chi connectivity index (χ1n) is 6.97. The number of aromatic nitrogens is 1. The topological polar surface area (TPSA) is 22.1 Å². The van der Waals surface area contributed by atoms with E-state index in [0.29, 0.717) is 10.9 Å². The molecule has 0 saturated heterocycles. The van der Waals surface area contributed by atoms with Crippen molar-refractivity contribution in [1.29, 1.82) is 0 Å². The molecule has 0 fully saturated rings. The fourth-order valence-electron chi connectivity index (χ4n) is 2.19. The Kier molecular flexibility index (Phi) is 3.80. The molecule has 0 spiro atoms. The lowest BCUT2D eigenvalue weighted by molar-refractivity contribution is 0.487. The molecule has 0 atom stereocenters. The van der Waals surface area contributed by atoms with Crippen LogP contribution < -0.4 is 4.74 Å². The van der Waals surface area contributed by atoms with Crippen molar-refractivity contribution >= 4 is 22.5 Å². The van der Waals surface area contributed by atoms with E-state index in [1.165, 1.54) is 0 Å². The second-order valence-corrected chi connectivity index (χ2v) is 5.66. The summed E-state index contributed by atoms with van der Waals surface area (Å²) >= 11 is 6.39. The second-order valence-electron chi connectivity index (χ2n) is 5.25. The van der Waals surface area contributed by atoms with Gasteiger partial charge in [-0.1, -0.05) is 55.8 Å². The lowest BCUT2D eigenvalue weighted by atomic mass is 10.1. The van der Waals surface area contributed by atoms with Crippen LogP contribution in [0, 0.1) is 0 Å². The Hall–Kier alpha value is -2.06. The Bertz CT molecular complexity index is 769. The van der Waals surface area contributed by atoms with Gasteiger partial charge in [-0.2, -0.15) is 0 Å². The molecule has 0 aliphatic carbocycles. The Labute approximate surface area is 129 Å². The predicted octanol–water partition coefficient (Wildman–Crippen LogP) is 5.80. The van der Waals surface area contributed by atoms with E-state index < -0.39 is 0 Å². The number of pyridine rings is 1. The van der Waals surface area contributed by atoms with Crippen molar-refractivity contribution in [1.82, 2.24) is 4.98 Å². The normalized spacial score (nSPS) is 11.0. The van der Waals surface area contributed by atoms with Gasteiger partial charge in [-0.05, 0) is 30.2 Å². The molecule has 2 nitrogen and oxygen atoms in total. The summed E-state index contributed by atoms with van der Waals surface area (Å²) in [6.45, 7) is 4.20. The van der Waals surface area contributed by atoms with Gasteiger partial charge in [0.05, 0.1) is 5.02 Å². The van der Waals surface area contributed by atoms with Crippen LogP contribution >= 0.6 is 11.6 Å². The third-order valence-electron chi connectivity index (χ3n) is 3.33. The zero-order valence-corrected chi connectivity index (χ0v) is 12.8. The van der Waals surface area contributed by atoms with Crippen molar-refractivity contribution in [2.75, 3.05) is 0 Å². The van der Waals surface area contributed by atoms with Crippen molar-refractivity contribution in [3.8, 4) is 11.5 Å². The number of halogens is 1. The first kappa shape index (κ1) is 13.9. The Morgan fingerprint density at radius 3 is 2.48 bits per heavy atom. The largest absolute Gasteiger partial charge is 0.455 e. The number of para-hydroxylation sites is 2. The standard InChI is InChI=1S/C18H16ClNO/c1-12(2)16-11-15(19)14-9-6-10-17(18(14)20-16)21-13-7-4-3-5-8-13/h3-12H,1-2H3. The van der Waals surface area contributed by atoms with E-state index >= 15 is 0 Å². The highest BCUT2D eigenvalue weighted by atomic mass is 35.5. The molecule has 106 valence electrons. The van der Waals surface area contributed by atoms with Gasteiger partial charge < -0.3 is 4.74 Å². The summed E-state index contributed by atoms with van der Waals surface area (Å²) in [6.07, 6.45) is 0. The highest BCUT2D eigenvalue weighted by Gasteiger charge is 2.11. The van der Waals surface area contributed by atoms with Gasteiger partial charge >= 0.3 is 0 Å². The molecule has 0 radical (unpaired) electrons. The summed E-state index contributed by atoms with van der Waals surface area (Å²) in [4.78, 5) is 4.72. The first-order valence-corrected chi connectivity index (χ1v) is 7.35. The lowest BCUT2D eigenvalue weighted by Gasteiger charge is -2.12. The van der Waals surface area contributed by atoms with E-state index in [9.17, 15) is 0 Å². The quantitative estimate of drug-likeness (QED) is 0.609. The minimum absolute atomic E-state index is 0.316. The predicted molar refractivity (Wildman–Crippen MR) is 87.4 cm³/mol. The molecule has 1 aromatic heterocycles. The van der Waals surface area contributed by atoms with Crippen LogP contribution in [0.2, 0.25) is 5.02 Å². The van der Waals surface area contributed by atoms with E-state index in [1.807, 2.05) is 54.6 Å². The van der Waals surface area contributed by atoms with Crippen molar-refractivity contribution < 1.29 is 4.74 Å². The first-order chi connectivity index (χ1) is 10.1. The Balaban J connectivity index is 2.14. The highest BCUT2D eigenvalue weighted by molar-refractivity contribution is 6.35.